The van der Waals surface area contributed by atoms with Crippen LogP contribution in [-0.2, 0) is 17.9 Å². The molecule has 1 aliphatic heterocycles. The molecule has 2 fully saturated rings. The van der Waals surface area contributed by atoms with E-state index in [1.807, 2.05) is 21.9 Å². The van der Waals surface area contributed by atoms with Gasteiger partial charge in [-0.1, -0.05) is 61.4 Å². The lowest BCUT2D eigenvalue weighted by molar-refractivity contribution is -0.136. The third kappa shape index (κ3) is 5.93. The van der Waals surface area contributed by atoms with Gasteiger partial charge in [-0.3, -0.25) is 4.79 Å². The molecule has 0 radical (unpaired) electrons. The average molecular weight is 449 g/mol. The minimum atomic E-state index is -0.0564. The number of hydrogen-bond donors (Lipinski definition) is 1. The summed E-state index contributed by atoms with van der Waals surface area (Å²) in [6, 6.07) is 16.8. The quantitative estimate of drug-likeness (QED) is 0.728. The number of rotatable bonds is 6. The summed E-state index contributed by atoms with van der Waals surface area (Å²) in [5, 5.41) is 3.09. The van der Waals surface area contributed by atoms with E-state index in [2.05, 4.69) is 60.7 Å². The number of hydrogen-bond acceptors (Lipinski definition) is 3. The molecule has 4 rings (SSSR count). The highest BCUT2D eigenvalue weighted by atomic mass is 16.2. The van der Waals surface area contributed by atoms with E-state index >= 15 is 0 Å². The Bertz CT molecular complexity index is 943. The zero-order chi connectivity index (χ0) is 23.2. The van der Waals surface area contributed by atoms with Crippen LogP contribution in [0.1, 0.15) is 36.8 Å². The predicted octanol–water partition coefficient (Wildman–Crippen LogP) is 3.96. The second-order valence-electron chi connectivity index (χ2n) is 9.54. The molecule has 1 aliphatic carbocycles. The highest BCUT2D eigenvalue weighted by Crippen LogP contribution is 2.27. The molecule has 6 heteroatoms. The van der Waals surface area contributed by atoms with Crippen LogP contribution in [0.5, 0.6) is 0 Å². The molecular weight excluding hydrogens is 412 g/mol. The van der Waals surface area contributed by atoms with Gasteiger partial charge in [-0.25, -0.2) is 4.79 Å². The van der Waals surface area contributed by atoms with Crippen molar-refractivity contribution in [2.24, 2.45) is 5.92 Å². The number of carbonyl (C=O) groups is 2. The lowest BCUT2D eigenvalue weighted by Gasteiger charge is -2.36. The van der Waals surface area contributed by atoms with E-state index in [0.717, 1.165) is 36.1 Å². The standard InChI is InChI=1S/C27H36N4O2/c1-29(2)20-21-11-13-22(14-12-21)25-10-6-5-9-24(25)19-28-27(33)31-17-15-30(16-18-31)26(32)23-7-3-4-8-23/h5-6,9-14,23H,3-4,7-8,15-20H2,1-2H3,(H,28,33). The number of urea groups is 1. The molecule has 1 N–H and O–H groups in total. The van der Waals surface area contributed by atoms with E-state index in [1.165, 1.54) is 18.4 Å². The molecule has 1 heterocycles. The van der Waals surface area contributed by atoms with Crippen LogP contribution in [0.4, 0.5) is 4.79 Å². The van der Waals surface area contributed by atoms with Crippen LogP contribution < -0.4 is 5.32 Å². The zero-order valence-corrected chi connectivity index (χ0v) is 19.9. The summed E-state index contributed by atoms with van der Waals surface area (Å²) >= 11 is 0. The molecular formula is C27H36N4O2. The van der Waals surface area contributed by atoms with E-state index in [4.69, 9.17) is 0 Å². The molecule has 176 valence electrons. The average Bonchev–Trinajstić information content (AvgIpc) is 3.38. The molecule has 2 aromatic carbocycles. The van der Waals surface area contributed by atoms with Gasteiger partial charge in [-0.15, -0.1) is 0 Å². The van der Waals surface area contributed by atoms with Crippen molar-refractivity contribution in [3.8, 4) is 11.1 Å². The second-order valence-corrected chi connectivity index (χ2v) is 9.54. The summed E-state index contributed by atoms with van der Waals surface area (Å²) < 4.78 is 0. The Balaban J connectivity index is 1.31. The molecule has 1 saturated heterocycles. The van der Waals surface area contributed by atoms with Crippen molar-refractivity contribution >= 4 is 11.9 Å². The summed E-state index contributed by atoms with van der Waals surface area (Å²) in [4.78, 5) is 31.4. The number of nitrogens with zero attached hydrogens (tertiary/aromatic N) is 3. The maximum Gasteiger partial charge on any atom is 0.317 e. The van der Waals surface area contributed by atoms with Crippen molar-refractivity contribution < 1.29 is 9.59 Å². The van der Waals surface area contributed by atoms with E-state index in [-0.39, 0.29) is 17.9 Å². The Morgan fingerprint density at radius 2 is 1.55 bits per heavy atom. The molecule has 3 amide bonds. The molecule has 0 atom stereocenters. The maximum atomic E-state index is 12.8. The van der Waals surface area contributed by atoms with Gasteiger partial charge in [0, 0.05) is 45.2 Å². The van der Waals surface area contributed by atoms with Gasteiger partial charge in [0.05, 0.1) is 0 Å². The Hall–Kier alpha value is -2.86. The number of nitrogens with one attached hydrogen (secondary N) is 1. The smallest absolute Gasteiger partial charge is 0.317 e. The van der Waals surface area contributed by atoms with Crippen LogP contribution in [0.15, 0.2) is 48.5 Å². The predicted molar refractivity (Wildman–Crippen MR) is 132 cm³/mol. The summed E-state index contributed by atoms with van der Waals surface area (Å²) in [7, 11) is 4.14. The van der Waals surface area contributed by atoms with Crippen molar-refractivity contribution in [1.82, 2.24) is 20.0 Å². The van der Waals surface area contributed by atoms with Gasteiger partial charge < -0.3 is 20.0 Å². The first-order valence-corrected chi connectivity index (χ1v) is 12.1. The van der Waals surface area contributed by atoms with Gasteiger partial charge in [0.15, 0.2) is 0 Å². The zero-order valence-electron chi connectivity index (χ0n) is 19.9. The SMILES string of the molecule is CN(C)Cc1ccc(-c2ccccc2CNC(=O)N2CCN(C(=O)C3CCCC3)CC2)cc1. The molecule has 6 nitrogen and oxygen atoms in total. The van der Waals surface area contributed by atoms with Crippen LogP contribution >= 0.6 is 0 Å². The Morgan fingerprint density at radius 1 is 0.909 bits per heavy atom. The number of piperazine rings is 1. The fourth-order valence-electron chi connectivity index (χ4n) is 4.95. The summed E-state index contributed by atoms with van der Waals surface area (Å²) in [5.74, 6) is 0.497. The lowest BCUT2D eigenvalue weighted by Crippen LogP contribution is -2.53. The highest BCUT2D eigenvalue weighted by Gasteiger charge is 2.30. The van der Waals surface area contributed by atoms with Crippen molar-refractivity contribution in [2.75, 3.05) is 40.3 Å². The lowest BCUT2D eigenvalue weighted by atomic mass is 9.98. The monoisotopic (exact) mass is 448 g/mol. The second kappa shape index (κ2) is 10.8. The molecule has 0 unspecified atom stereocenters. The molecule has 2 aromatic rings. The van der Waals surface area contributed by atoms with Gasteiger partial charge in [-0.2, -0.15) is 0 Å². The Morgan fingerprint density at radius 3 is 2.21 bits per heavy atom. The van der Waals surface area contributed by atoms with E-state index in [9.17, 15) is 9.59 Å². The molecule has 33 heavy (non-hydrogen) atoms. The summed E-state index contributed by atoms with van der Waals surface area (Å²) in [6.07, 6.45) is 4.38. The highest BCUT2D eigenvalue weighted by molar-refractivity contribution is 5.80. The fourth-order valence-corrected chi connectivity index (χ4v) is 4.95. The van der Waals surface area contributed by atoms with Crippen molar-refractivity contribution in [2.45, 2.75) is 38.8 Å². The van der Waals surface area contributed by atoms with Crippen molar-refractivity contribution in [3.05, 3.63) is 59.7 Å². The number of carbonyl (C=O) groups excluding carboxylic acids is 2. The van der Waals surface area contributed by atoms with E-state index < -0.39 is 0 Å². The molecule has 0 spiro atoms. The van der Waals surface area contributed by atoms with Crippen LogP contribution in [0.3, 0.4) is 0 Å². The van der Waals surface area contributed by atoms with Crippen molar-refractivity contribution in [3.63, 3.8) is 0 Å². The third-order valence-electron chi connectivity index (χ3n) is 6.79. The van der Waals surface area contributed by atoms with E-state index in [0.29, 0.717) is 32.7 Å². The van der Waals surface area contributed by atoms with Gasteiger partial charge in [0.1, 0.15) is 0 Å². The van der Waals surface area contributed by atoms with Crippen molar-refractivity contribution in [1.29, 1.82) is 0 Å². The first-order chi connectivity index (χ1) is 16.0. The van der Waals surface area contributed by atoms with Gasteiger partial charge in [0.25, 0.3) is 0 Å². The minimum absolute atomic E-state index is 0.0564. The number of amides is 3. The third-order valence-corrected chi connectivity index (χ3v) is 6.79. The first kappa shape index (κ1) is 23.3. The Kier molecular flexibility index (Phi) is 7.65. The summed E-state index contributed by atoms with van der Waals surface area (Å²) in [6.45, 7) is 3.86. The molecule has 0 bridgehead atoms. The van der Waals surface area contributed by atoms with E-state index in [1.54, 1.807) is 0 Å². The van der Waals surface area contributed by atoms with Crippen LogP contribution in [0.25, 0.3) is 11.1 Å². The van der Waals surface area contributed by atoms with Gasteiger partial charge >= 0.3 is 6.03 Å². The van der Waals surface area contributed by atoms with Gasteiger partial charge in [-0.05, 0) is 49.2 Å². The fraction of sp³-hybridized carbons (Fsp3) is 0.481. The van der Waals surface area contributed by atoms with Crippen LogP contribution in [0, 0.1) is 5.92 Å². The topological polar surface area (TPSA) is 55.9 Å². The largest absolute Gasteiger partial charge is 0.339 e. The molecule has 1 saturated carbocycles. The Labute approximate surface area is 197 Å². The molecule has 0 aromatic heterocycles. The first-order valence-electron chi connectivity index (χ1n) is 12.1. The normalized spacial score (nSPS) is 16.9. The van der Waals surface area contributed by atoms with Gasteiger partial charge in [0.2, 0.25) is 5.91 Å². The van der Waals surface area contributed by atoms with Crippen LogP contribution in [0.2, 0.25) is 0 Å². The minimum Gasteiger partial charge on any atom is -0.339 e. The van der Waals surface area contributed by atoms with Crippen LogP contribution in [-0.4, -0.2) is 66.9 Å². The maximum absolute atomic E-state index is 12.8. The molecule has 2 aliphatic rings. The summed E-state index contributed by atoms with van der Waals surface area (Å²) in [5.41, 5.74) is 4.67. The number of benzene rings is 2.